The van der Waals surface area contributed by atoms with E-state index in [4.69, 9.17) is 10.5 Å². The van der Waals surface area contributed by atoms with Crippen molar-refractivity contribution in [2.24, 2.45) is 0 Å². The lowest BCUT2D eigenvalue weighted by Crippen LogP contribution is -2.11. The molecule has 1 aromatic carbocycles. The average molecular weight is 179 g/mol. The predicted octanol–water partition coefficient (Wildman–Crippen LogP) is 2.24. The Morgan fingerprint density at radius 1 is 1.46 bits per heavy atom. The molecule has 0 saturated heterocycles. The molecular formula is C11H17NO. The maximum atomic E-state index is 5.67. The minimum absolute atomic E-state index is 0.270. The zero-order valence-electron chi connectivity index (χ0n) is 8.29. The van der Waals surface area contributed by atoms with Crippen molar-refractivity contribution in [1.82, 2.24) is 0 Å². The van der Waals surface area contributed by atoms with Gasteiger partial charge in [-0.2, -0.15) is 0 Å². The Morgan fingerprint density at radius 3 is 2.85 bits per heavy atom. The number of benzene rings is 1. The molecule has 0 bridgehead atoms. The van der Waals surface area contributed by atoms with Crippen molar-refractivity contribution in [2.75, 3.05) is 12.3 Å². The molecule has 1 aromatic rings. The minimum Gasteiger partial charge on any atom is -0.399 e. The molecular weight excluding hydrogens is 162 g/mol. The summed E-state index contributed by atoms with van der Waals surface area (Å²) in [7, 11) is 0. The summed E-state index contributed by atoms with van der Waals surface area (Å²) < 4.78 is 5.44. The summed E-state index contributed by atoms with van der Waals surface area (Å²) in [6, 6.07) is 7.94. The summed E-state index contributed by atoms with van der Waals surface area (Å²) in [5.41, 5.74) is 7.73. The Kier molecular flexibility index (Phi) is 3.77. The van der Waals surface area contributed by atoms with E-state index in [-0.39, 0.29) is 6.10 Å². The van der Waals surface area contributed by atoms with Gasteiger partial charge in [0.1, 0.15) is 0 Å². The van der Waals surface area contributed by atoms with Crippen molar-refractivity contribution < 1.29 is 4.74 Å². The smallest absolute Gasteiger partial charge is 0.0587 e. The first-order valence-electron chi connectivity index (χ1n) is 4.68. The van der Waals surface area contributed by atoms with Gasteiger partial charge < -0.3 is 10.5 Å². The molecule has 0 amide bonds. The van der Waals surface area contributed by atoms with Gasteiger partial charge in [0.15, 0.2) is 0 Å². The van der Waals surface area contributed by atoms with Gasteiger partial charge >= 0.3 is 0 Å². The first kappa shape index (κ1) is 10.1. The van der Waals surface area contributed by atoms with Crippen molar-refractivity contribution >= 4 is 5.69 Å². The molecule has 1 unspecified atom stereocenters. The van der Waals surface area contributed by atoms with Crippen LogP contribution in [0.25, 0.3) is 0 Å². The Bertz CT molecular complexity index is 260. The Hall–Kier alpha value is -1.02. The molecule has 0 aliphatic carbocycles. The van der Waals surface area contributed by atoms with Gasteiger partial charge in [-0.3, -0.25) is 0 Å². The molecule has 13 heavy (non-hydrogen) atoms. The van der Waals surface area contributed by atoms with Crippen molar-refractivity contribution in [1.29, 1.82) is 0 Å². The van der Waals surface area contributed by atoms with Crippen LogP contribution in [-0.4, -0.2) is 12.7 Å². The zero-order valence-corrected chi connectivity index (χ0v) is 8.29. The van der Waals surface area contributed by atoms with E-state index in [0.717, 1.165) is 18.7 Å². The molecule has 0 spiro atoms. The number of nitrogen functional groups attached to an aromatic ring is 1. The maximum absolute atomic E-state index is 5.67. The maximum Gasteiger partial charge on any atom is 0.0587 e. The summed E-state index contributed by atoms with van der Waals surface area (Å²) in [5.74, 6) is 0. The molecule has 0 radical (unpaired) electrons. The van der Waals surface area contributed by atoms with Crippen molar-refractivity contribution in [3.63, 3.8) is 0 Å². The van der Waals surface area contributed by atoms with Gasteiger partial charge in [0, 0.05) is 12.3 Å². The van der Waals surface area contributed by atoms with Crippen LogP contribution in [0.3, 0.4) is 0 Å². The van der Waals surface area contributed by atoms with E-state index < -0.39 is 0 Å². The molecule has 0 fully saturated rings. The lowest BCUT2D eigenvalue weighted by atomic mass is 10.1. The van der Waals surface area contributed by atoms with Gasteiger partial charge in [-0.25, -0.2) is 0 Å². The van der Waals surface area contributed by atoms with Crippen LogP contribution in [0.4, 0.5) is 5.69 Å². The third-order valence-electron chi connectivity index (χ3n) is 1.93. The van der Waals surface area contributed by atoms with E-state index in [1.807, 2.05) is 25.1 Å². The molecule has 2 heteroatoms. The lowest BCUT2D eigenvalue weighted by Gasteiger charge is -2.11. The molecule has 0 aliphatic rings. The van der Waals surface area contributed by atoms with E-state index in [1.165, 1.54) is 5.56 Å². The summed E-state index contributed by atoms with van der Waals surface area (Å²) >= 11 is 0. The second kappa shape index (κ2) is 4.87. The molecule has 2 nitrogen and oxygen atoms in total. The molecule has 2 N–H and O–H groups in total. The van der Waals surface area contributed by atoms with Crippen LogP contribution in [0, 0.1) is 0 Å². The van der Waals surface area contributed by atoms with Crippen LogP contribution in [0.2, 0.25) is 0 Å². The van der Waals surface area contributed by atoms with Gasteiger partial charge in [0.2, 0.25) is 0 Å². The number of nitrogens with two attached hydrogens (primary N) is 1. The average Bonchev–Trinajstić information content (AvgIpc) is 2.04. The number of ether oxygens (including phenoxy) is 1. The van der Waals surface area contributed by atoms with Crippen LogP contribution in [0.5, 0.6) is 0 Å². The summed E-state index contributed by atoms with van der Waals surface area (Å²) in [6.45, 7) is 4.85. The van der Waals surface area contributed by atoms with Gasteiger partial charge in [-0.15, -0.1) is 0 Å². The van der Waals surface area contributed by atoms with Crippen molar-refractivity contribution in [2.45, 2.75) is 26.4 Å². The van der Waals surface area contributed by atoms with Crippen LogP contribution in [0.15, 0.2) is 24.3 Å². The zero-order chi connectivity index (χ0) is 9.68. The first-order valence-corrected chi connectivity index (χ1v) is 4.68. The van der Waals surface area contributed by atoms with Crippen LogP contribution < -0.4 is 5.73 Å². The van der Waals surface area contributed by atoms with Gasteiger partial charge in [0.05, 0.1) is 6.10 Å². The standard InChI is InChI=1S/C11H17NO/c1-3-13-9(2)7-10-5-4-6-11(12)8-10/h4-6,8-9H,3,7,12H2,1-2H3. The fourth-order valence-electron chi connectivity index (χ4n) is 1.40. The first-order chi connectivity index (χ1) is 6.22. The highest BCUT2D eigenvalue weighted by atomic mass is 16.5. The van der Waals surface area contributed by atoms with E-state index in [2.05, 4.69) is 13.0 Å². The lowest BCUT2D eigenvalue weighted by molar-refractivity contribution is 0.0768. The SMILES string of the molecule is CCOC(C)Cc1cccc(N)c1. The van der Waals surface area contributed by atoms with Crippen molar-refractivity contribution in [3.8, 4) is 0 Å². The molecule has 1 atom stereocenters. The number of hydrogen-bond acceptors (Lipinski definition) is 2. The van der Waals surface area contributed by atoms with Crippen LogP contribution in [-0.2, 0) is 11.2 Å². The second-order valence-corrected chi connectivity index (χ2v) is 3.22. The minimum atomic E-state index is 0.270. The summed E-state index contributed by atoms with van der Waals surface area (Å²) in [5, 5.41) is 0. The molecule has 0 aliphatic heterocycles. The third kappa shape index (κ3) is 3.47. The van der Waals surface area contributed by atoms with Crippen molar-refractivity contribution in [3.05, 3.63) is 29.8 Å². The molecule has 0 heterocycles. The largest absolute Gasteiger partial charge is 0.399 e. The summed E-state index contributed by atoms with van der Waals surface area (Å²) in [4.78, 5) is 0. The highest BCUT2D eigenvalue weighted by Gasteiger charge is 2.02. The topological polar surface area (TPSA) is 35.2 Å². The monoisotopic (exact) mass is 179 g/mol. The number of rotatable bonds is 4. The van der Waals surface area contributed by atoms with Gasteiger partial charge in [0.25, 0.3) is 0 Å². The Labute approximate surface area is 79.7 Å². The van der Waals surface area contributed by atoms with E-state index in [1.54, 1.807) is 0 Å². The third-order valence-corrected chi connectivity index (χ3v) is 1.93. The van der Waals surface area contributed by atoms with Gasteiger partial charge in [-0.1, -0.05) is 12.1 Å². The quantitative estimate of drug-likeness (QED) is 0.719. The fourth-order valence-corrected chi connectivity index (χ4v) is 1.40. The van der Waals surface area contributed by atoms with Crippen LogP contribution >= 0.6 is 0 Å². The summed E-state index contributed by atoms with van der Waals surface area (Å²) in [6.07, 6.45) is 1.20. The Morgan fingerprint density at radius 2 is 2.23 bits per heavy atom. The normalized spacial score (nSPS) is 12.8. The molecule has 1 rings (SSSR count). The van der Waals surface area contributed by atoms with E-state index in [9.17, 15) is 0 Å². The fraction of sp³-hybridized carbons (Fsp3) is 0.455. The highest BCUT2D eigenvalue weighted by Crippen LogP contribution is 2.10. The molecule has 0 aromatic heterocycles. The molecule has 0 saturated carbocycles. The van der Waals surface area contributed by atoms with Crippen LogP contribution in [0.1, 0.15) is 19.4 Å². The Balaban J connectivity index is 2.53. The molecule has 72 valence electrons. The van der Waals surface area contributed by atoms with Gasteiger partial charge in [-0.05, 0) is 38.0 Å². The predicted molar refractivity (Wildman–Crippen MR) is 55.6 cm³/mol. The van der Waals surface area contributed by atoms with E-state index >= 15 is 0 Å². The number of hydrogen-bond donors (Lipinski definition) is 1. The highest BCUT2D eigenvalue weighted by molar-refractivity contribution is 5.40. The van der Waals surface area contributed by atoms with E-state index in [0.29, 0.717) is 0 Å². The number of anilines is 1. The second-order valence-electron chi connectivity index (χ2n) is 3.22.